The fraction of sp³-hybridized carbons (Fsp3) is 0.250. The Balaban J connectivity index is 0.000000687. The second-order valence-electron chi connectivity index (χ2n) is 8.34. The fourth-order valence-corrected chi connectivity index (χ4v) is 4.53. The third-order valence-corrected chi connectivity index (χ3v) is 6.64. The number of rotatable bonds is 10. The first-order valence-electron chi connectivity index (χ1n) is 11.9. The number of alkyl halides is 3. The average Bonchev–Trinajstić information content (AvgIpc) is 3.37. The molecule has 0 saturated heterocycles. The van der Waals surface area contributed by atoms with Crippen LogP contribution in [0.1, 0.15) is 35.3 Å². The number of aliphatic hydroxyl groups is 1. The van der Waals surface area contributed by atoms with Gasteiger partial charge in [0.15, 0.2) is 0 Å². The molecule has 1 amide bonds. The molecule has 0 aliphatic carbocycles. The van der Waals surface area contributed by atoms with E-state index in [1.807, 2.05) is 53.9 Å². The molecular weight excluding hydrogens is 599 g/mol. The molecule has 0 radical (unpaired) electrons. The summed E-state index contributed by atoms with van der Waals surface area (Å²) in [4.78, 5) is 25.6. The molecule has 0 unspecified atom stereocenters. The van der Waals surface area contributed by atoms with E-state index < -0.39 is 12.1 Å². The lowest BCUT2D eigenvalue weighted by Crippen LogP contribution is -2.25. The summed E-state index contributed by atoms with van der Waals surface area (Å²) in [6, 6.07) is 14.9. The summed E-state index contributed by atoms with van der Waals surface area (Å²) in [6.45, 7) is 1.09. The van der Waals surface area contributed by atoms with Gasteiger partial charge in [0.1, 0.15) is 30.5 Å². The average molecular weight is 628 g/mol. The van der Waals surface area contributed by atoms with Gasteiger partial charge in [-0.1, -0.05) is 37.2 Å². The van der Waals surface area contributed by atoms with Crippen LogP contribution >= 0.6 is 22.9 Å². The first-order valence-corrected chi connectivity index (χ1v) is 13.2. The molecule has 226 valence electrons. The van der Waals surface area contributed by atoms with Crippen LogP contribution in [-0.2, 0) is 18.0 Å². The van der Waals surface area contributed by atoms with Crippen molar-refractivity contribution in [3.8, 4) is 11.5 Å². The number of nitrogens with zero attached hydrogens (tertiary/aromatic N) is 1. The van der Waals surface area contributed by atoms with Crippen LogP contribution in [0.5, 0.6) is 11.5 Å². The minimum absolute atomic E-state index is 0. The van der Waals surface area contributed by atoms with Crippen molar-refractivity contribution < 1.29 is 42.4 Å². The Morgan fingerprint density at radius 3 is 2.29 bits per heavy atom. The number of hydrogen-bond acceptors (Lipinski definition) is 8. The molecule has 2 aromatic heterocycles. The molecule has 42 heavy (non-hydrogen) atoms. The van der Waals surface area contributed by atoms with Crippen LogP contribution < -0.4 is 20.5 Å². The van der Waals surface area contributed by atoms with E-state index in [1.165, 1.54) is 17.5 Å². The third-order valence-electron chi connectivity index (χ3n) is 5.33. The minimum Gasteiger partial charge on any atom is -0.489 e. The normalized spacial score (nSPS) is 10.7. The van der Waals surface area contributed by atoms with E-state index in [0.29, 0.717) is 47.5 Å². The van der Waals surface area contributed by atoms with E-state index in [1.54, 1.807) is 0 Å². The Morgan fingerprint density at radius 2 is 1.69 bits per heavy atom. The molecule has 0 aliphatic rings. The van der Waals surface area contributed by atoms with Gasteiger partial charge in [0.05, 0.1) is 10.3 Å². The number of thiophene rings is 1. The zero-order chi connectivity index (χ0) is 30.0. The van der Waals surface area contributed by atoms with Crippen LogP contribution in [0.4, 0.5) is 19.0 Å². The molecule has 4 rings (SSSR count). The van der Waals surface area contributed by atoms with E-state index in [0.717, 1.165) is 21.2 Å². The maximum Gasteiger partial charge on any atom is 0.490 e. The number of pyridine rings is 1. The molecule has 2 aromatic carbocycles. The molecule has 2 heterocycles. The number of hydrogen-bond donors (Lipinski definition) is 4. The predicted molar refractivity (Wildman–Crippen MR) is 155 cm³/mol. The highest BCUT2D eigenvalue weighted by molar-refractivity contribution is 7.17. The molecule has 14 heteroatoms. The number of carboxylic acid groups (broad SMARTS) is 1. The molecule has 9 nitrogen and oxygen atoms in total. The molecule has 0 bridgehead atoms. The standard InChI is InChI=1S/C25H24ClN3O4S.C2HF3O2.CH4/c26-18-7-5-16(6-8-18)13-32-19-3-1-4-20(11-19)33-14-17-15-34-23-21(12-29-24(27)22(17)23)25(31)28-9-2-10-30;3-2(4,5)1(6)7;/h1,3-8,11-12,15,30H,2,9-10,13-14H2,(H2,27,29)(H,28,31);(H,6,7);1H4. The van der Waals surface area contributed by atoms with E-state index >= 15 is 0 Å². The van der Waals surface area contributed by atoms with Gasteiger partial charge in [-0.25, -0.2) is 9.78 Å². The summed E-state index contributed by atoms with van der Waals surface area (Å²) >= 11 is 7.35. The summed E-state index contributed by atoms with van der Waals surface area (Å²) < 4.78 is 44.4. The Hall–Kier alpha value is -4.07. The number of amides is 1. The SMILES string of the molecule is C.Nc1ncc(C(=O)NCCCO)c2scc(COc3cccc(OCc4ccc(Cl)cc4)c3)c12.O=C(O)C(F)(F)F. The van der Waals surface area contributed by atoms with Crippen molar-refractivity contribution >= 4 is 50.7 Å². The number of aliphatic carboxylic acids is 1. The smallest absolute Gasteiger partial charge is 0.489 e. The summed E-state index contributed by atoms with van der Waals surface area (Å²) in [6.07, 6.45) is -3.11. The van der Waals surface area contributed by atoms with Crippen molar-refractivity contribution in [2.75, 3.05) is 18.9 Å². The predicted octanol–water partition coefficient (Wildman–Crippen LogP) is 6.07. The topological polar surface area (TPSA) is 144 Å². The van der Waals surface area contributed by atoms with Crippen molar-refractivity contribution in [2.24, 2.45) is 0 Å². The number of ether oxygens (including phenoxy) is 2. The number of nitrogen functional groups attached to an aromatic ring is 1. The second-order valence-corrected chi connectivity index (χ2v) is 9.65. The summed E-state index contributed by atoms with van der Waals surface area (Å²) in [5.74, 6) is -1.32. The first kappa shape index (κ1) is 34.1. The van der Waals surface area contributed by atoms with Gasteiger partial charge in [0.25, 0.3) is 5.91 Å². The van der Waals surface area contributed by atoms with Crippen molar-refractivity contribution in [3.05, 3.63) is 81.8 Å². The number of carbonyl (C=O) groups excluding carboxylic acids is 1. The number of fused-ring (bicyclic) bond motifs is 1. The molecule has 4 aromatic rings. The second kappa shape index (κ2) is 15.8. The Morgan fingerprint density at radius 1 is 1.07 bits per heavy atom. The van der Waals surface area contributed by atoms with Crippen LogP contribution in [0.15, 0.2) is 60.1 Å². The van der Waals surface area contributed by atoms with E-state index in [-0.39, 0.29) is 26.5 Å². The van der Waals surface area contributed by atoms with Gasteiger partial charge in [-0.2, -0.15) is 13.2 Å². The lowest BCUT2D eigenvalue weighted by Gasteiger charge is -2.10. The van der Waals surface area contributed by atoms with E-state index in [4.69, 9.17) is 41.8 Å². The third kappa shape index (κ3) is 9.79. The molecule has 0 saturated carbocycles. The summed E-state index contributed by atoms with van der Waals surface area (Å²) in [5.41, 5.74) is 8.45. The quantitative estimate of drug-likeness (QED) is 0.155. The number of nitrogens with two attached hydrogens (primary N) is 1. The minimum atomic E-state index is -5.08. The van der Waals surface area contributed by atoms with Crippen LogP contribution in [0.25, 0.3) is 10.1 Å². The first-order chi connectivity index (χ1) is 19.5. The Labute approximate surface area is 248 Å². The van der Waals surface area contributed by atoms with Gasteiger partial charge < -0.3 is 30.7 Å². The van der Waals surface area contributed by atoms with Gasteiger partial charge in [-0.15, -0.1) is 11.3 Å². The number of carbonyl (C=O) groups is 2. The molecule has 0 aliphatic heterocycles. The number of aliphatic hydroxyl groups excluding tert-OH is 1. The van der Waals surface area contributed by atoms with Crippen molar-refractivity contribution in [3.63, 3.8) is 0 Å². The van der Waals surface area contributed by atoms with Crippen LogP contribution in [0.3, 0.4) is 0 Å². The van der Waals surface area contributed by atoms with Gasteiger partial charge in [0, 0.05) is 41.4 Å². The lowest BCUT2D eigenvalue weighted by molar-refractivity contribution is -0.192. The number of anilines is 1. The molecule has 5 N–H and O–H groups in total. The molecule has 0 fully saturated rings. The van der Waals surface area contributed by atoms with Gasteiger partial charge in [-0.05, 0) is 41.6 Å². The maximum absolute atomic E-state index is 12.5. The van der Waals surface area contributed by atoms with Crippen molar-refractivity contribution in [2.45, 2.75) is 33.2 Å². The van der Waals surface area contributed by atoms with Crippen molar-refractivity contribution in [1.82, 2.24) is 10.3 Å². The maximum atomic E-state index is 12.5. The highest BCUT2D eigenvalue weighted by Crippen LogP contribution is 2.33. The Kier molecular flexibility index (Phi) is 12.8. The van der Waals surface area contributed by atoms with Gasteiger partial charge in [-0.3, -0.25) is 4.79 Å². The molecule has 0 spiro atoms. The van der Waals surface area contributed by atoms with Crippen LogP contribution in [-0.4, -0.2) is 46.4 Å². The van der Waals surface area contributed by atoms with Crippen LogP contribution in [0.2, 0.25) is 5.02 Å². The monoisotopic (exact) mass is 627 g/mol. The summed E-state index contributed by atoms with van der Waals surface area (Å²) in [7, 11) is 0. The zero-order valence-corrected chi connectivity index (χ0v) is 22.9. The van der Waals surface area contributed by atoms with Gasteiger partial charge in [0.2, 0.25) is 0 Å². The fourth-order valence-electron chi connectivity index (χ4n) is 3.34. The van der Waals surface area contributed by atoms with Crippen molar-refractivity contribution in [1.29, 1.82) is 0 Å². The number of benzene rings is 2. The number of aromatic nitrogens is 1. The van der Waals surface area contributed by atoms with Gasteiger partial charge >= 0.3 is 12.1 Å². The van der Waals surface area contributed by atoms with E-state index in [2.05, 4.69) is 10.3 Å². The molecule has 0 atom stereocenters. The Bertz CT molecular complexity index is 1480. The summed E-state index contributed by atoms with van der Waals surface area (Å²) in [5, 5.41) is 22.2. The number of carboxylic acids is 1. The number of halogens is 4. The molecular formula is C28H29ClF3N3O6S. The number of nitrogens with one attached hydrogen (secondary N) is 1. The van der Waals surface area contributed by atoms with E-state index in [9.17, 15) is 18.0 Å². The lowest BCUT2D eigenvalue weighted by atomic mass is 10.1. The van der Waals surface area contributed by atoms with Crippen LogP contribution in [0, 0.1) is 0 Å². The highest BCUT2D eigenvalue weighted by atomic mass is 35.5. The highest BCUT2D eigenvalue weighted by Gasteiger charge is 2.38. The largest absolute Gasteiger partial charge is 0.490 e. The zero-order valence-electron chi connectivity index (χ0n) is 21.3.